The van der Waals surface area contributed by atoms with Crippen molar-refractivity contribution >= 4 is 18.0 Å². The van der Waals surface area contributed by atoms with Crippen LogP contribution in [0.2, 0.25) is 0 Å². The van der Waals surface area contributed by atoms with Gasteiger partial charge in [-0.25, -0.2) is 23.9 Å². The minimum absolute atomic E-state index is 0.0769. The average molecular weight is 591 g/mol. The molecule has 0 bridgehead atoms. The first-order chi connectivity index (χ1) is 20.6. The van der Waals surface area contributed by atoms with Crippen LogP contribution in [0.1, 0.15) is 67.4 Å². The van der Waals surface area contributed by atoms with Gasteiger partial charge in [-0.2, -0.15) is 0 Å². The minimum Gasteiger partial charge on any atom is -0.489 e. The first kappa shape index (κ1) is 30.3. The molecule has 0 radical (unpaired) electrons. The average Bonchev–Trinajstić information content (AvgIpc) is 3.79. The van der Waals surface area contributed by atoms with E-state index in [1.54, 1.807) is 12.1 Å². The molecule has 1 saturated heterocycles. The van der Waals surface area contributed by atoms with Gasteiger partial charge in [0.25, 0.3) is 0 Å². The molecule has 1 amide bonds. The molecule has 0 spiro atoms. The standard InChI is InChI=1S/C33H39FN4O5/c1-33(2,3)43-32(40)38(20-22-13-15-37(16-14-22)31-35-18-25(19-36-31)30(39)41-4)29-17-28(29)24-7-11-27(12-8-24)42-21-23-5-9-26(34)10-6-23/h5-12,18-19,22,28-29H,13-17,20-21H2,1-4H3. The number of hydrogen-bond donors (Lipinski definition) is 0. The fraction of sp³-hybridized carbons (Fsp3) is 0.455. The molecule has 0 N–H and O–H groups in total. The summed E-state index contributed by atoms with van der Waals surface area (Å²) >= 11 is 0. The molecule has 2 aliphatic rings. The number of anilines is 1. The third-order valence-corrected chi connectivity index (χ3v) is 7.82. The Morgan fingerprint density at radius 2 is 1.65 bits per heavy atom. The Hall–Kier alpha value is -4.21. The van der Waals surface area contributed by atoms with Crippen LogP contribution in [0.3, 0.4) is 0 Å². The third kappa shape index (κ3) is 8.00. The summed E-state index contributed by atoms with van der Waals surface area (Å²) in [6.45, 7) is 8.19. The van der Waals surface area contributed by atoms with Crippen molar-refractivity contribution in [2.45, 2.75) is 64.2 Å². The zero-order valence-electron chi connectivity index (χ0n) is 25.2. The maximum atomic E-state index is 13.4. The Morgan fingerprint density at radius 3 is 2.26 bits per heavy atom. The molecule has 5 rings (SSSR count). The number of piperidine rings is 1. The van der Waals surface area contributed by atoms with E-state index in [1.165, 1.54) is 31.6 Å². The molecule has 2 aromatic carbocycles. The van der Waals surface area contributed by atoms with E-state index >= 15 is 0 Å². The summed E-state index contributed by atoms with van der Waals surface area (Å²) in [7, 11) is 1.33. The third-order valence-electron chi connectivity index (χ3n) is 7.82. The van der Waals surface area contributed by atoms with Gasteiger partial charge in [0.2, 0.25) is 5.95 Å². The van der Waals surface area contributed by atoms with Crippen LogP contribution in [0.5, 0.6) is 5.75 Å². The molecule has 3 aromatic rings. The molecule has 10 heteroatoms. The Labute approximate surface area is 252 Å². The number of aromatic nitrogens is 2. The van der Waals surface area contributed by atoms with E-state index in [2.05, 4.69) is 27.0 Å². The maximum Gasteiger partial charge on any atom is 0.410 e. The van der Waals surface area contributed by atoms with E-state index in [4.69, 9.17) is 14.2 Å². The molecular weight excluding hydrogens is 551 g/mol. The molecule has 2 unspecified atom stereocenters. The monoisotopic (exact) mass is 590 g/mol. The van der Waals surface area contributed by atoms with Crippen LogP contribution in [0.15, 0.2) is 60.9 Å². The van der Waals surface area contributed by atoms with Crippen molar-refractivity contribution in [3.8, 4) is 5.75 Å². The van der Waals surface area contributed by atoms with Gasteiger partial charge in [0.15, 0.2) is 0 Å². The lowest BCUT2D eigenvalue weighted by molar-refractivity contribution is 0.0190. The van der Waals surface area contributed by atoms with Crippen LogP contribution in [-0.4, -0.2) is 65.3 Å². The van der Waals surface area contributed by atoms with Gasteiger partial charge in [-0.1, -0.05) is 24.3 Å². The second kappa shape index (κ2) is 13.0. The number of carbonyl (C=O) groups is 2. The molecule has 2 atom stereocenters. The molecule has 1 saturated carbocycles. The zero-order valence-corrected chi connectivity index (χ0v) is 25.2. The van der Waals surface area contributed by atoms with E-state index in [9.17, 15) is 14.0 Å². The summed E-state index contributed by atoms with van der Waals surface area (Å²) in [6.07, 6.45) is 5.36. The highest BCUT2D eigenvalue weighted by atomic mass is 19.1. The summed E-state index contributed by atoms with van der Waals surface area (Å²) in [5, 5.41) is 0. The molecule has 1 aliphatic carbocycles. The normalized spacial score (nSPS) is 18.6. The van der Waals surface area contributed by atoms with E-state index in [0.29, 0.717) is 30.6 Å². The van der Waals surface area contributed by atoms with Crippen molar-refractivity contribution in [1.82, 2.24) is 14.9 Å². The smallest absolute Gasteiger partial charge is 0.410 e. The Bertz CT molecular complexity index is 1380. The maximum absolute atomic E-state index is 13.4. The van der Waals surface area contributed by atoms with E-state index in [1.807, 2.05) is 37.8 Å². The topological polar surface area (TPSA) is 94.1 Å². The Balaban J connectivity index is 1.18. The predicted octanol–water partition coefficient (Wildman–Crippen LogP) is 5.99. The minimum atomic E-state index is -0.583. The van der Waals surface area contributed by atoms with Gasteiger partial charge in [0.05, 0.1) is 12.7 Å². The van der Waals surface area contributed by atoms with Crippen molar-refractivity contribution in [2.75, 3.05) is 31.6 Å². The van der Waals surface area contributed by atoms with Gasteiger partial charge in [0, 0.05) is 44.0 Å². The Kier molecular flexibility index (Phi) is 9.13. The summed E-state index contributed by atoms with van der Waals surface area (Å²) in [5.74, 6) is 1.16. The second-order valence-corrected chi connectivity index (χ2v) is 12.2. The van der Waals surface area contributed by atoms with Crippen LogP contribution in [0.25, 0.3) is 0 Å². The van der Waals surface area contributed by atoms with Gasteiger partial charge in [-0.05, 0) is 81.3 Å². The number of carbonyl (C=O) groups excluding carboxylic acids is 2. The summed E-state index contributed by atoms with van der Waals surface area (Å²) < 4.78 is 29.6. The highest BCUT2D eigenvalue weighted by Gasteiger charge is 2.46. The quantitative estimate of drug-likeness (QED) is 0.281. The van der Waals surface area contributed by atoms with Crippen LogP contribution in [0, 0.1) is 11.7 Å². The van der Waals surface area contributed by atoms with Crippen molar-refractivity contribution in [3.05, 3.63) is 83.4 Å². The van der Waals surface area contributed by atoms with Crippen molar-refractivity contribution in [1.29, 1.82) is 0 Å². The molecule has 2 fully saturated rings. The second-order valence-electron chi connectivity index (χ2n) is 12.2. The number of esters is 1. The predicted molar refractivity (Wildman–Crippen MR) is 160 cm³/mol. The van der Waals surface area contributed by atoms with Gasteiger partial charge >= 0.3 is 12.1 Å². The van der Waals surface area contributed by atoms with Crippen LogP contribution >= 0.6 is 0 Å². The molecule has 1 aliphatic heterocycles. The van der Waals surface area contributed by atoms with Crippen LogP contribution in [0.4, 0.5) is 15.1 Å². The van der Waals surface area contributed by atoms with Crippen molar-refractivity contribution in [2.24, 2.45) is 5.92 Å². The zero-order chi connectivity index (χ0) is 30.6. The lowest BCUT2D eigenvalue weighted by Crippen LogP contribution is -2.44. The van der Waals surface area contributed by atoms with Crippen molar-refractivity contribution in [3.63, 3.8) is 0 Å². The fourth-order valence-electron chi connectivity index (χ4n) is 5.41. The highest BCUT2D eigenvalue weighted by molar-refractivity contribution is 5.88. The number of ether oxygens (including phenoxy) is 3. The number of amides is 1. The molecule has 2 heterocycles. The fourth-order valence-corrected chi connectivity index (χ4v) is 5.41. The largest absolute Gasteiger partial charge is 0.489 e. The first-order valence-corrected chi connectivity index (χ1v) is 14.7. The first-order valence-electron chi connectivity index (χ1n) is 14.7. The summed E-state index contributed by atoms with van der Waals surface area (Å²) in [4.78, 5) is 37.8. The lowest BCUT2D eigenvalue weighted by Gasteiger charge is -2.35. The van der Waals surface area contributed by atoms with Crippen LogP contribution in [-0.2, 0) is 16.1 Å². The molecular formula is C33H39FN4O5. The summed E-state index contributed by atoms with van der Waals surface area (Å²) in [6, 6.07) is 14.4. The highest BCUT2D eigenvalue weighted by Crippen LogP contribution is 2.46. The summed E-state index contributed by atoms with van der Waals surface area (Å²) in [5.41, 5.74) is 1.80. The van der Waals surface area contributed by atoms with Gasteiger partial charge in [0.1, 0.15) is 23.8 Å². The molecule has 228 valence electrons. The number of methoxy groups -OCH3 is 1. The number of nitrogens with zero attached hydrogens (tertiary/aromatic N) is 4. The van der Waals surface area contributed by atoms with Crippen molar-refractivity contribution < 1.29 is 28.2 Å². The van der Waals surface area contributed by atoms with Gasteiger partial charge in [-0.15, -0.1) is 0 Å². The number of rotatable bonds is 9. The molecule has 43 heavy (non-hydrogen) atoms. The number of hydrogen-bond acceptors (Lipinski definition) is 8. The lowest BCUT2D eigenvalue weighted by atomic mass is 9.96. The van der Waals surface area contributed by atoms with Gasteiger partial charge in [-0.3, -0.25) is 0 Å². The van der Waals surface area contributed by atoms with E-state index < -0.39 is 11.6 Å². The molecule has 9 nitrogen and oxygen atoms in total. The Morgan fingerprint density at radius 1 is 1.00 bits per heavy atom. The number of benzene rings is 2. The van der Waals surface area contributed by atoms with Crippen LogP contribution < -0.4 is 9.64 Å². The number of halogens is 1. The molecule has 1 aromatic heterocycles. The van der Waals surface area contributed by atoms with E-state index in [-0.39, 0.29) is 23.9 Å². The SMILES string of the molecule is COC(=O)c1cnc(N2CCC(CN(C(=O)OC(C)(C)C)C3CC3c3ccc(OCc4ccc(F)cc4)cc3)CC2)nc1. The van der Waals surface area contributed by atoms with Gasteiger partial charge < -0.3 is 24.0 Å². The van der Waals surface area contributed by atoms with E-state index in [0.717, 1.165) is 49.2 Å².